The van der Waals surface area contributed by atoms with Gasteiger partial charge in [-0.15, -0.1) is 0 Å². The molecule has 1 aromatic heterocycles. The van der Waals surface area contributed by atoms with Gasteiger partial charge in [-0.2, -0.15) is 0 Å². The van der Waals surface area contributed by atoms with Gasteiger partial charge in [0.15, 0.2) is 15.4 Å². The highest BCUT2D eigenvalue weighted by Crippen LogP contribution is 2.32. The molecule has 148 valence electrons. The molecule has 0 atom stereocenters. The van der Waals surface area contributed by atoms with Crippen molar-refractivity contribution < 1.29 is 17.6 Å². The molecule has 0 unspecified atom stereocenters. The molecular formula is C17H13Cl3N2O4S2. The molecule has 1 heterocycles. The van der Waals surface area contributed by atoms with E-state index >= 15 is 0 Å². The second-order valence-corrected chi connectivity index (χ2v) is 10.0. The van der Waals surface area contributed by atoms with Crippen molar-refractivity contribution in [1.82, 2.24) is 4.98 Å². The molecule has 2 aromatic carbocycles. The van der Waals surface area contributed by atoms with Crippen molar-refractivity contribution in [2.75, 3.05) is 16.8 Å². The zero-order chi connectivity index (χ0) is 20.5. The molecule has 0 spiro atoms. The molecule has 0 aliphatic carbocycles. The Labute approximate surface area is 180 Å². The van der Waals surface area contributed by atoms with Crippen LogP contribution in [0.4, 0.5) is 5.69 Å². The lowest BCUT2D eigenvalue weighted by molar-refractivity contribution is -0.113. The number of carbonyl (C=O) groups excluding carboxylic acids is 1. The number of hydrogen-bond acceptors (Lipinski definition) is 6. The molecule has 0 fully saturated rings. The number of nitrogens with one attached hydrogen (secondary N) is 1. The molecule has 0 saturated carbocycles. The first-order valence-electron chi connectivity index (χ1n) is 7.90. The summed E-state index contributed by atoms with van der Waals surface area (Å²) in [6.07, 6.45) is 0. The van der Waals surface area contributed by atoms with Crippen molar-refractivity contribution in [3.63, 3.8) is 0 Å². The van der Waals surface area contributed by atoms with Crippen LogP contribution in [0.1, 0.15) is 6.92 Å². The highest BCUT2D eigenvalue weighted by Gasteiger charge is 2.16. The van der Waals surface area contributed by atoms with E-state index in [1.807, 2.05) is 0 Å². The maximum atomic E-state index is 12.2. The summed E-state index contributed by atoms with van der Waals surface area (Å²) in [5.74, 6) is -0.347. The third-order valence-electron chi connectivity index (χ3n) is 3.69. The summed E-state index contributed by atoms with van der Waals surface area (Å²) in [5, 5.41) is 3.70. The summed E-state index contributed by atoms with van der Waals surface area (Å²) in [6, 6.07) is 7.38. The van der Waals surface area contributed by atoms with E-state index < -0.39 is 9.84 Å². The lowest BCUT2D eigenvalue weighted by Crippen LogP contribution is -2.14. The van der Waals surface area contributed by atoms with Crippen LogP contribution in [-0.4, -0.2) is 30.8 Å². The maximum absolute atomic E-state index is 12.2. The largest absolute Gasteiger partial charge is 0.431 e. The fraction of sp³-hybridized carbons (Fsp3) is 0.176. The predicted octanol–water partition coefficient (Wildman–Crippen LogP) is 5.31. The standard InChI is InChI=1S/C17H13Cl3N2O4S2/c1-2-28(24,25)9-3-4-15-14(5-9)22-17(26-15)27-8-16(23)21-13-7-11(19)10(18)6-12(13)20/h3-7H,2,8H2,1H3,(H,21,23). The first-order valence-corrected chi connectivity index (χ1v) is 11.7. The molecule has 1 N–H and O–H groups in total. The summed E-state index contributed by atoms with van der Waals surface area (Å²) < 4.78 is 29.5. The number of sulfone groups is 1. The van der Waals surface area contributed by atoms with Gasteiger partial charge >= 0.3 is 0 Å². The van der Waals surface area contributed by atoms with Crippen LogP contribution in [0, 0.1) is 0 Å². The Bertz CT molecular complexity index is 1160. The van der Waals surface area contributed by atoms with Crippen molar-refractivity contribution in [3.8, 4) is 0 Å². The fourth-order valence-electron chi connectivity index (χ4n) is 2.24. The number of nitrogens with zero attached hydrogens (tertiary/aromatic N) is 1. The molecule has 0 bridgehead atoms. The van der Waals surface area contributed by atoms with Crippen molar-refractivity contribution in [3.05, 3.63) is 45.4 Å². The molecule has 6 nitrogen and oxygen atoms in total. The van der Waals surface area contributed by atoms with Crippen LogP contribution in [0.3, 0.4) is 0 Å². The number of amides is 1. The molecule has 0 aliphatic rings. The van der Waals surface area contributed by atoms with Crippen LogP contribution in [0.25, 0.3) is 11.1 Å². The van der Waals surface area contributed by atoms with E-state index in [1.54, 1.807) is 13.0 Å². The van der Waals surface area contributed by atoms with E-state index in [4.69, 9.17) is 39.2 Å². The Morgan fingerprint density at radius 1 is 1.14 bits per heavy atom. The average molecular weight is 480 g/mol. The molecule has 0 saturated heterocycles. The number of fused-ring (bicyclic) bond motifs is 1. The Kier molecular flexibility index (Phi) is 6.46. The minimum atomic E-state index is -3.34. The number of hydrogen-bond donors (Lipinski definition) is 1. The van der Waals surface area contributed by atoms with Gasteiger partial charge in [0.2, 0.25) is 5.91 Å². The smallest absolute Gasteiger partial charge is 0.257 e. The fourth-order valence-corrected chi connectivity index (χ4v) is 4.37. The third-order valence-corrected chi connectivity index (χ3v) is 7.28. The molecular weight excluding hydrogens is 467 g/mol. The van der Waals surface area contributed by atoms with Crippen molar-refractivity contribution in [1.29, 1.82) is 0 Å². The predicted molar refractivity (Wildman–Crippen MR) is 113 cm³/mol. The van der Waals surface area contributed by atoms with Crippen molar-refractivity contribution in [2.24, 2.45) is 0 Å². The highest BCUT2D eigenvalue weighted by atomic mass is 35.5. The number of anilines is 1. The van der Waals surface area contributed by atoms with Crippen LogP contribution in [0.2, 0.25) is 15.1 Å². The van der Waals surface area contributed by atoms with Crippen LogP contribution in [-0.2, 0) is 14.6 Å². The van der Waals surface area contributed by atoms with Crippen LogP contribution in [0.15, 0.2) is 44.9 Å². The van der Waals surface area contributed by atoms with Gasteiger partial charge in [-0.3, -0.25) is 4.79 Å². The Hall–Kier alpha value is -1.45. The summed E-state index contributed by atoms with van der Waals surface area (Å²) in [5.41, 5.74) is 1.18. The lowest BCUT2D eigenvalue weighted by atomic mass is 10.3. The number of oxazole rings is 1. The second-order valence-electron chi connectivity index (χ2n) is 5.60. The Morgan fingerprint density at radius 2 is 1.86 bits per heavy atom. The number of carbonyl (C=O) groups is 1. The Morgan fingerprint density at radius 3 is 2.57 bits per heavy atom. The average Bonchev–Trinajstić information content (AvgIpc) is 3.06. The van der Waals surface area contributed by atoms with Crippen molar-refractivity contribution in [2.45, 2.75) is 17.0 Å². The lowest BCUT2D eigenvalue weighted by Gasteiger charge is -2.08. The van der Waals surface area contributed by atoms with Crippen LogP contribution < -0.4 is 5.32 Å². The van der Waals surface area contributed by atoms with Gasteiger partial charge in [-0.25, -0.2) is 13.4 Å². The number of benzene rings is 2. The first-order chi connectivity index (χ1) is 13.2. The number of aromatic nitrogens is 1. The van der Waals surface area contributed by atoms with Gasteiger partial charge in [0.05, 0.1) is 37.2 Å². The molecule has 28 heavy (non-hydrogen) atoms. The normalized spacial score (nSPS) is 11.7. The van der Waals surface area contributed by atoms with E-state index in [0.29, 0.717) is 16.8 Å². The molecule has 0 radical (unpaired) electrons. The summed E-state index contributed by atoms with van der Waals surface area (Å²) in [4.78, 5) is 16.6. The number of halogens is 3. The molecule has 3 rings (SSSR count). The Balaban J connectivity index is 1.70. The van der Waals surface area contributed by atoms with Gasteiger partial charge in [0.1, 0.15) is 5.52 Å². The highest BCUT2D eigenvalue weighted by molar-refractivity contribution is 7.99. The van der Waals surface area contributed by atoms with Crippen LogP contribution >= 0.6 is 46.6 Å². The molecule has 0 aliphatic heterocycles. The van der Waals surface area contributed by atoms with E-state index in [9.17, 15) is 13.2 Å². The van der Waals surface area contributed by atoms with Crippen molar-refractivity contribution >= 4 is 79.1 Å². The monoisotopic (exact) mass is 478 g/mol. The van der Waals surface area contributed by atoms with Crippen LogP contribution in [0.5, 0.6) is 0 Å². The summed E-state index contributed by atoms with van der Waals surface area (Å²) in [7, 11) is -3.34. The molecule has 1 amide bonds. The van der Waals surface area contributed by atoms with Gasteiger partial charge < -0.3 is 9.73 Å². The quantitative estimate of drug-likeness (QED) is 0.380. The van der Waals surface area contributed by atoms with Gasteiger partial charge in [0.25, 0.3) is 5.22 Å². The van der Waals surface area contributed by atoms with Gasteiger partial charge in [-0.1, -0.05) is 53.5 Å². The van der Waals surface area contributed by atoms with E-state index in [0.717, 1.165) is 11.8 Å². The molecule has 3 aromatic rings. The third kappa shape index (κ3) is 4.75. The maximum Gasteiger partial charge on any atom is 0.257 e. The SMILES string of the molecule is CCS(=O)(=O)c1ccc2oc(SCC(=O)Nc3cc(Cl)c(Cl)cc3Cl)nc2c1. The van der Waals surface area contributed by atoms with Gasteiger partial charge in [0, 0.05) is 0 Å². The van der Waals surface area contributed by atoms with E-state index in [-0.39, 0.29) is 42.6 Å². The van der Waals surface area contributed by atoms with E-state index in [1.165, 1.54) is 24.3 Å². The second kappa shape index (κ2) is 8.51. The zero-order valence-corrected chi connectivity index (χ0v) is 18.2. The van der Waals surface area contributed by atoms with E-state index in [2.05, 4.69) is 10.3 Å². The first kappa shape index (κ1) is 21.3. The summed E-state index contributed by atoms with van der Waals surface area (Å²) in [6.45, 7) is 1.57. The minimum Gasteiger partial charge on any atom is -0.431 e. The summed E-state index contributed by atoms with van der Waals surface area (Å²) >= 11 is 18.9. The topological polar surface area (TPSA) is 89.3 Å². The number of rotatable bonds is 6. The molecule has 11 heteroatoms. The minimum absolute atomic E-state index is 0.00348. The number of thioether (sulfide) groups is 1. The zero-order valence-electron chi connectivity index (χ0n) is 14.3. The van der Waals surface area contributed by atoms with Gasteiger partial charge in [-0.05, 0) is 30.3 Å².